The molecule has 0 aliphatic carbocycles. The van der Waals surface area contributed by atoms with Gasteiger partial charge in [-0.05, 0) is 13.8 Å². The first-order chi connectivity index (χ1) is 5.58. The quantitative estimate of drug-likeness (QED) is 0.612. The van der Waals surface area contributed by atoms with Crippen LogP contribution in [0.1, 0.15) is 13.8 Å². The van der Waals surface area contributed by atoms with Gasteiger partial charge < -0.3 is 9.80 Å². The summed E-state index contributed by atoms with van der Waals surface area (Å²) in [5, 5.41) is 3.19. The zero-order valence-electron chi connectivity index (χ0n) is 8.31. The third-order valence-corrected chi connectivity index (χ3v) is 3.13. The Kier molecular flexibility index (Phi) is 3.07. The Morgan fingerprint density at radius 3 is 2.75 bits per heavy atom. The molecule has 0 bridgehead atoms. The van der Waals surface area contributed by atoms with Crippen molar-refractivity contribution in [2.24, 2.45) is 0 Å². The van der Waals surface area contributed by atoms with Gasteiger partial charge in [-0.1, -0.05) is 0 Å². The largest absolute Gasteiger partial charge is 0.322 e. The third kappa shape index (κ3) is 1.96. The van der Waals surface area contributed by atoms with E-state index in [0.717, 1.165) is 24.1 Å². The molecule has 0 aromatic carbocycles. The number of likely N-dealkylation sites (N-methyl/N-ethyl adjacent to an activating group) is 1. The van der Waals surface area contributed by atoms with E-state index < -0.39 is 0 Å². The van der Waals surface area contributed by atoms with E-state index in [1.54, 1.807) is 0 Å². The summed E-state index contributed by atoms with van der Waals surface area (Å²) in [6.45, 7) is 7.17. The van der Waals surface area contributed by atoms with Crippen LogP contribution in [0.15, 0.2) is 0 Å². The molecule has 0 amide bonds. The van der Waals surface area contributed by atoms with Gasteiger partial charge in [0.1, 0.15) is 6.67 Å². The number of hydrogen-bond acceptors (Lipinski definition) is 1. The number of nitrogens with one attached hydrogen (secondary N) is 1. The lowest BCUT2D eigenvalue weighted by Crippen LogP contribution is -2.63. The topological polar surface area (TPSA) is 12.0 Å². The highest BCUT2D eigenvalue weighted by molar-refractivity contribution is 4.70. The molecule has 0 aromatic heterocycles. The van der Waals surface area contributed by atoms with Crippen molar-refractivity contribution in [1.82, 2.24) is 5.32 Å². The molecule has 12 heavy (non-hydrogen) atoms. The third-order valence-electron chi connectivity index (χ3n) is 3.13. The standard InChI is InChI=1S/C9H20FN2/c1-8(2)12(3)5-4-11-9(6-10)7-12/h8-9,11H,4-7H2,1-3H3/q+1. The molecule has 1 aliphatic heterocycles. The molecule has 2 atom stereocenters. The number of halogens is 1. The molecule has 0 spiro atoms. The van der Waals surface area contributed by atoms with Crippen LogP contribution in [0.5, 0.6) is 0 Å². The summed E-state index contributed by atoms with van der Waals surface area (Å²) in [6, 6.07) is 0.673. The fourth-order valence-corrected chi connectivity index (χ4v) is 1.76. The lowest BCUT2D eigenvalue weighted by Gasteiger charge is -2.44. The molecule has 2 unspecified atom stereocenters. The first-order valence-electron chi connectivity index (χ1n) is 4.72. The predicted octanol–water partition coefficient (Wildman–Crippen LogP) is 0.783. The van der Waals surface area contributed by atoms with Gasteiger partial charge >= 0.3 is 0 Å². The lowest BCUT2D eigenvalue weighted by molar-refractivity contribution is -0.933. The molecule has 0 aromatic rings. The van der Waals surface area contributed by atoms with Crippen molar-refractivity contribution in [3.63, 3.8) is 0 Å². The molecule has 0 radical (unpaired) electrons. The molecule has 1 aliphatic rings. The van der Waals surface area contributed by atoms with Crippen LogP contribution >= 0.6 is 0 Å². The van der Waals surface area contributed by atoms with Crippen molar-refractivity contribution in [3.05, 3.63) is 0 Å². The minimum Gasteiger partial charge on any atom is -0.322 e. The molecule has 1 N–H and O–H groups in total. The average Bonchev–Trinajstić information content (AvgIpc) is 2.04. The van der Waals surface area contributed by atoms with E-state index in [9.17, 15) is 4.39 Å². The van der Waals surface area contributed by atoms with Gasteiger partial charge in [-0.15, -0.1) is 0 Å². The fourth-order valence-electron chi connectivity index (χ4n) is 1.76. The number of quaternary nitrogens is 1. The Hall–Kier alpha value is -0.150. The van der Waals surface area contributed by atoms with Crippen molar-refractivity contribution in [1.29, 1.82) is 0 Å². The minimum atomic E-state index is -0.236. The summed E-state index contributed by atoms with van der Waals surface area (Å²) in [7, 11) is 2.22. The lowest BCUT2D eigenvalue weighted by atomic mass is 10.1. The van der Waals surface area contributed by atoms with E-state index >= 15 is 0 Å². The van der Waals surface area contributed by atoms with Crippen molar-refractivity contribution in [2.45, 2.75) is 25.9 Å². The maximum Gasteiger partial charge on any atom is 0.110 e. The Morgan fingerprint density at radius 2 is 2.25 bits per heavy atom. The number of nitrogens with zero attached hydrogens (tertiary/aromatic N) is 1. The van der Waals surface area contributed by atoms with Crippen molar-refractivity contribution in [2.75, 3.05) is 33.4 Å². The van der Waals surface area contributed by atoms with Gasteiger partial charge in [0.05, 0.1) is 32.2 Å². The first-order valence-corrected chi connectivity index (χ1v) is 4.72. The van der Waals surface area contributed by atoms with Gasteiger partial charge in [0, 0.05) is 6.54 Å². The van der Waals surface area contributed by atoms with E-state index in [4.69, 9.17) is 0 Å². The smallest absolute Gasteiger partial charge is 0.110 e. The normalized spacial score (nSPS) is 37.2. The second-order valence-electron chi connectivity index (χ2n) is 4.28. The first kappa shape index (κ1) is 9.93. The van der Waals surface area contributed by atoms with Gasteiger partial charge in [-0.2, -0.15) is 0 Å². The molecule has 1 fully saturated rings. The molecule has 1 rings (SSSR count). The average molecular weight is 175 g/mol. The SMILES string of the molecule is CC(C)[N+]1(C)CCNC(CF)C1. The van der Waals surface area contributed by atoms with Gasteiger partial charge in [0.2, 0.25) is 0 Å². The van der Waals surface area contributed by atoms with Gasteiger partial charge in [0.15, 0.2) is 0 Å². The number of rotatable bonds is 2. The number of hydrogen-bond donors (Lipinski definition) is 1. The second-order valence-corrected chi connectivity index (χ2v) is 4.28. The van der Waals surface area contributed by atoms with Crippen LogP contribution in [0.4, 0.5) is 4.39 Å². The Morgan fingerprint density at radius 1 is 1.58 bits per heavy atom. The Bertz CT molecular complexity index is 149. The van der Waals surface area contributed by atoms with Crippen molar-refractivity contribution in [3.8, 4) is 0 Å². The molecular formula is C9H20FN2+. The maximum atomic E-state index is 12.4. The van der Waals surface area contributed by atoms with Crippen LogP contribution in [0.3, 0.4) is 0 Å². The van der Waals surface area contributed by atoms with E-state index in [0.29, 0.717) is 6.04 Å². The van der Waals surface area contributed by atoms with Crippen LogP contribution in [0, 0.1) is 0 Å². The Balaban J connectivity index is 2.54. The molecule has 1 heterocycles. The highest BCUT2D eigenvalue weighted by atomic mass is 19.1. The van der Waals surface area contributed by atoms with Crippen LogP contribution in [0.2, 0.25) is 0 Å². The highest BCUT2D eigenvalue weighted by Gasteiger charge is 2.33. The van der Waals surface area contributed by atoms with Crippen LogP contribution in [-0.2, 0) is 0 Å². The van der Waals surface area contributed by atoms with Gasteiger partial charge in [-0.3, -0.25) is 0 Å². The maximum absolute atomic E-state index is 12.4. The van der Waals surface area contributed by atoms with E-state index in [-0.39, 0.29) is 12.7 Å². The number of alkyl halides is 1. The summed E-state index contributed by atoms with van der Waals surface area (Å²) in [5.41, 5.74) is 0. The summed E-state index contributed by atoms with van der Waals surface area (Å²) >= 11 is 0. The second kappa shape index (κ2) is 3.71. The van der Waals surface area contributed by atoms with Crippen molar-refractivity contribution < 1.29 is 8.87 Å². The highest BCUT2D eigenvalue weighted by Crippen LogP contribution is 2.14. The molecule has 0 saturated carbocycles. The summed E-state index contributed by atoms with van der Waals surface area (Å²) < 4.78 is 13.4. The molecule has 3 heteroatoms. The molecule has 2 nitrogen and oxygen atoms in total. The number of piperazine rings is 1. The molecule has 1 saturated heterocycles. The van der Waals surface area contributed by atoms with Crippen LogP contribution in [-0.4, -0.2) is 49.9 Å². The molecule has 72 valence electrons. The van der Waals surface area contributed by atoms with E-state index in [1.165, 1.54) is 0 Å². The van der Waals surface area contributed by atoms with Crippen LogP contribution < -0.4 is 5.32 Å². The summed E-state index contributed by atoms with van der Waals surface area (Å²) in [6.07, 6.45) is 0. The van der Waals surface area contributed by atoms with E-state index in [2.05, 4.69) is 26.2 Å². The monoisotopic (exact) mass is 175 g/mol. The minimum absolute atomic E-state index is 0.0751. The fraction of sp³-hybridized carbons (Fsp3) is 1.00. The summed E-state index contributed by atoms with van der Waals surface area (Å²) in [4.78, 5) is 0. The van der Waals surface area contributed by atoms with Crippen molar-refractivity contribution >= 4 is 0 Å². The summed E-state index contributed by atoms with van der Waals surface area (Å²) in [5.74, 6) is 0. The van der Waals surface area contributed by atoms with E-state index in [1.807, 2.05) is 0 Å². The zero-order chi connectivity index (χ0) is 9.19. The zero-order valence-corrected chi connectivity index (χ0v) is 8.31. The van der Waals surface area contributed by atoms with Crippen LogP contribution in [0.25, 0.3) is 0 Å². The molecular weight excluding hydrogens is 155 g/mol. The predicted molar refractivity (Wildman–Crippen MR) is 48.8 cm³/mol. The van der Waals surface area contributed by atoms with Gasteiger partial charge in [0.25, 0.3) is 0 Å². The van der Waals surface area contributed by atoms with Gasteiger partial charge in [-0.25, -0.2) is 4.39 Å². The Labute approximate surface area is 74.3 Å².